The van der Waals surface area contributed by atoms with Crippen LogP contribution in [0.4, 0.5) is 11.8 Å². The summed E-state index contributed by atoms with van der Waals surface area (Å²) in [5.74, 6) is 2.38. The fourth-order valence-corrected chi connectivity index (χ4v) is 4.28. The minimum absolute atomic E-state index is 0.422. The molecular formula is C25H30N6. The second kappa shape index (κ2) is 9.76. The largest absolute Gasteiger partial charge is 0.362 e. The van der Waals surface area contributed by atoms with Gasteiger partial charge in [-0.25, -0.2) is 4.98 Å². The molecule has 160 valence electrons. The van der Waals surface area contributed by atoms with Gasteiger partial charge in [-0.05, 0) is 68.0 Å². The molecule has 2 N–H and O–H groups in total. The molecule has 0 spiro atoms. The predicted octanol–water partition coefficient (Wildman–Crippen LogP) is 4.33. The molecule has 2 aromatic carbocycles. The highest BCUT2D eigenvalue weighted by Crippen LogP contribution is 2.28. The molecule has 1 saturated carbocycles. The number of para-hydroxylation sites is 1. The molecule has 1 aromatic heterocycles. The number of fused-ring (bicyclic) bond motifs is 1. The Morgan fingerprint density at radius 1 is 1.00 bits per heavy atom. The minimum Gasteiger partial charge on any atom is -0.362 e. The van der Waals surface area contributed by atoms with E-state index in [2.05, 4.69) is 22.8 Å². The first-order valence-electron chi connectivity index (χ1n) is 11.0. The lowest BCUT2D eigenvalue weighted by Crippen LogP contribution is -2.31. The Balaban J connectivity index is 1.28. The summed E-state index contributed by atoms with van der Waals surface area (Å²) in [6, 6.07) is 18.6. The van der Waals surface area contributed by atoms with Crippen LogP contribution in [0.2, 0.25) is 0 Å². The zero-order valence-electron chi connectivity index (χ0n) is 18.3. The standard InChI is InChI=1S/C25H30N6/c1-31(2)24-22-5-3-4-6-23(22)29-25(30-24)28-21-13-11-20(12-14-21)17-27-16-19-9-7-18(15-26)8-10-19/h3-10,20-21,27H,11-14,16-17H2,1-2H3,(H,28,29,30). The van der Waals surface area contributed by atoms with E-state index < -0.39 is 0 Å². The number of rotatable bonds is 7. The van der Waals surface area contributed by atoms with E-state index in [0.717, 1.165) is 48.6 Å². The van der Waals surface area contributed by atoms with Gasteiger partial charge in [0.25, 0.3) is 0 Å². The molecule has 1 fully saturated rings. The minimum atomic E-state index is 0.422. The second-order valence-corrected chi connectivity index (χ2v) is 8.58. The van der Waals surface area contributed by atoms with Crippen LogP contribution in [0.3, 0.4) is 0 Å². The summed E-state index contributed by atoms with van der Waals surface area (Å²) in [6.45, 7) is 1.88. The van der Waals surface area contributed by atoms with Crippen LogP contribution in [0.5, 0.6) is 0 Å². The number of aromatic nitrogens is 2. The van der Waals surface area contributed by atoms with E-state index in [1.165, 1.54) is 18.4 Å². The Morgan fingerprint density at radius 3 is 2.45 bits per heavy atom. The molecular weight excluding hydrogens is 384 g/mol. The van der Waals surface area contributed by atoms with E-state index >= 15 is 0 Å². The van der Waals surface area contributed by atoms with Gasteiger partial charge in [-0.3, -0.25) is 0 Å². The first kappa shape index (κ1) is 21.1. The highest BCUT2D eigenvalue weighted by molar-refractivity contribution is 5.90. The van der Waals surface area contributed by atoms with Gasteiger partial charge in [0, 0.05) is 32.1 Å². The van der Waals surface area contributed by atoms with E-state index in [1.807, 2.05) is 61.5 Å². The van der Waals surface area contributed by atoms with Gasteiger partial charge in [0.1, 0.15) is 5.82 Å². The normalized spacial score (nSPS) is 18.5. The third-order valence-corrected chi connectivity index (χ3v) is 6.03. The summed E-state index contributed by atoms with van der Waals surface area (Å²) in [7, 11) is 4.04. The number of hydrogen-bond donors (Lipinski definition) is 2. The molecule has 6 heteroatoms. The van der Waals surface area contributed by atoms with Gasteiger partial charge in [-0.2, -0.15) is 10.2 Å². The highest BCUT2D eigenvalue weighted by atomic mass is 15.2. The molecule has 0 saturated heterocycles. The predicted molar refractivity (Wildman–Crippen MR) is 126 cm³/mol. The number of nitriles is 1. The van der Waals surface area contributed by atoms with Crippen molar-refractivity contribution in [2.75, 3.05) is 30.9 Å². The Hall–Kier alpha value is -3.17. The fraction of sp³-hybridized carbons (Fsp3) is 0.400. The van der Waals surface area contributed by atoms with Crippen molar-refractivity contribution in [2.45, 2.75) is 38.3 Å². The summed E-state index contributed by atoms with van der Waals surface area (Å²) < 4.78 is 0. The summed E-state index contributed by atoms with van der Waals surface area (Å²) in [4.78, 5) is 11.6. The summed E-state index contributed by atoms with van der Waals surface area (Å²) >= 11 is 0. The van der Waals surface area contributed by atoms with E-state index in [9.17, 15) is 0 Å². The van der Waals surface area contributed by atoms with E-state index in [1.54, 1.807) is 0 Å². The van der Waals surface area contributed by atoms with Crippen molar-refractivity contribution >= 4 is 22.7 Å². The molecule has 0 amide bonds. The molecule has 31 heavy (non-hydrogen) atoms. The molecule has 0 unspecified atom stereocenters. The smallest absolute Gasteiger partial charge is 0.225 e. The van der Waals surface area contributed by atoms with Crippen molar-refractivity contribution in [3.05, 3.63) is 59.7 Å². The lowest BCUT2D eigenvalue weighted by molar-refractivity contribution is 0.324. The summed E-state index contributed by atoms with van der Waals surface area (Å²) in [6.07, 6.45) is 4.67. The number of anilines is 2. The van der Waals surface area contributed by atoms with Gasteiger partial charge in [-0.1, -0.05) is 24.3 Å². The molecule has 0 aliphatic heterocycles. The molecule has 4 rings (SSSR count). The molecule has 1 aliphatic carbocycles. The molecule has 1 heterocycles. The third kappa shape index (κ3) is 5.31. The summed E-state index contributed by atoms with van der Waals surface area (Å²) in [5, 5.41) is 17.1. The maximum atomic E-state index is 8.89. The van der Waals surface area contributed by atoms with Gasteiger partial charge < -0.3 is 15.5 Å². The maximum Gasteiger partial charge on any atom is 0.225 e. The van der Waals surface area contributed by atoms with E-state index in [4.69, 9.17) is 15.2 Å². The van der Waals surface area contributed by atoms with Gasteiger partial charge in [0.2, 0.25) is 5.95 Å². The highest BCUT2D eigenvalue weighted by Gasteiger charge is 2.22. The topological polar surface area (TPSA) is 76.9 Å². The fourth-order valence-electron chi connectivity index (χ4n) is 4.28. The van der Waals surface area contributed by atoms with Crippen LogP contribution < -0.4 is 15.5 Å². The average molecular weight is 415 g/mol. The Kier molecular flexibility index (Phi) is 6.63. The van der Waals surface area contributed by atoms with Crippen molar-refractivity contribution in [1.29, 1.82) is 5.26 Å². The van der Waals surface area contributed by atoms with E-state index in [-0.39, 0.29) is 0 Å². The maximum absolute atomic E-state index is 8.89. The van der Waals surface area contributed by atoms with Crippen LogP contribution in [0, 0.1) is 17.2 Å². The van der Waals surface area contributed by atoms with Crippen molar-refractivity contribution in [3.8, 4) is 6.07 Å². The Labute approximate surface area is 184 Å². The number of hydrogen-bond acceptors (Lipinski definition) is 6. The molecule has 6 nitrogen and oxygen atoms in total. The van der Waals surface area contributed by atoms with Crippen LogP contribution in [-0.2, 0) is 6.54 Å². The molecule has 1 aliphatic rings. The molecule has 3 aromatic rings. The van der Waals surface area contributed by atoms with E-state index in [0.29, 0.717) is 17.5 Å². The van der Waals surface area contributed by atoms with Crippen molar-refractivity contribution in [2.24, 2.45) is 5.92 Å². The Bertz CT molecular complexity index is 1050. The Morgan fingerprint density at radius 2 is 1.74 bits per heavy atom. The zero-order chi connectivity index (χ0) is 21.6. The summed E-state index contributed by atoms with van der Waals surface area (Å²) in [5.41, 5.74) is 2.91. The van der Waals surface area contributed by atoms with Crippen LogP contribution in [0.15, 0.2) is 48.5 Å². The molecule has 0 bridgehead atoms. The second-order valence-electron chi connectivity index (χ2n) is 8.58. The number of nitrogens with zero attached hydrogens (tertiary/aromatic N) is 4. The SMILES string of the molecule is CN(C)c1nc(NC2CCC(CNCc3ccc(C#N)cc3)CC2)nc2ccccc12. The van der Waals surface area contributed by atoms with Crippen molar-refractivity contribution < 1.29 is 0 Å². The van der Waals surface area contributed by atoms with Crippen LogP contribution in [0.1, 0.15) is 36.8 Å². The zero-order valence-corrected chi connectivity index (χ0v) is 18.3. The first-order chi connectivity index (χ1) is 15.1. The van der Waals surface area contributed by atoms with Crippen LogP contribution >= 0.6 is 0 Å². The van der Waals surface area contributed by atoms with Crippen LogP contribution in [0.25, 0.3) is 10.9 Å². The van der Waals surface area contributed by atoms with Crippen molar-refractivity contribution in [3.63, 3.8) is 0 Å². The monoisotopic (exact) mass is 414 g/mol. The lowest BCUT2D eigenvalue weighted by Gasteiger charge is -2.29. The number of benzene rings is 2. The van der Waals surface area contributed by atoms with Gasteiger partial charge in [0.05, 0.1) is 17.1 Å². The van der Waals surface area contributed by atoms with Gasteiger partial charge in [-0.15, -0.1) is 0 Å². The number of nitrogens with one attached hydrogen (secondary N) is 2. The first-order valence-corrected chi connectivity index (χ1v) is 11.0. The van der Waals surface area contributed by atoms with Gasteiger partial charge in [0.15, 0.2) is 0 Å². The average Bonchev–Trinajstić information content (AvgIpc) is 2.80. The lowest BCUT2D eigenvalue weighted by atomic mass is 9.86. The molecule has 0 atom stereocenters. The quantitative estimate of drug-likeness (QED) is 0.599. The van der Waals surface area contributed by atoms with Crippen LogP contribution in [-0.4, -0.2) is 36.6 Å². The third-order valence-electron chi connectivity index (χ3n) is 6.03. The molecule has 0 radical (unpaired) electrons. The van der Waals surface area contributed by atoms with Gasteiger partial charge >= 0.3 is 0 Å². The van der Waals surface area contributed by atoms with Crippen molar-refractivity contribution in [1.82, 2.24) is 15.3 Å².